The van der Waals surface area contributed by atoms with E-state index in [1.165, 1.54) is 0 Å². The van der Waals surface area contributed by atoms with Crippen LogP contribution in [-0.4, -0.2) is 26.3 Å². The van der Waals surface area contributed by atoms with Gasteiger partial charge in [0.25, 0.3) is 0 Å². The second-order valence-corrected chi connectivity index (χ2v) is 4.18. The van der Waals surface area contributed by atoms with Crippen molar-refractivity contribution in [1.29, 1.82) is 0 Å². The van der Waals surface area contributed by atoms with Gasteiger partial charge < -0.3 is 14.8 Å². The first-order valence-electron chi connectivity index (χ1n) is 5.86. The van der Waals surface area contributed by atoms with Gasteiger partial charge in [-0.3, -0.25) is 0 Å². The number of hydrogen-bond acceptors (Lipinski definition) is 4. The number of aromatic nitrogens is 1. The zero-order chi connectivity index (χ0) is 13.1. The van der Waals surface area contributed by atoms with Crippen molar-refractivity contribution in [1.82, 2.24) is 10.3 Å². The Balaban J connectivity index is 2.67. The first-order valence-corrected chi connectivity index (χ1v) is 5.86. The summed E-state index contributed by atoms with van der Waals surface area (Å²) in [6.45, 7) is 2.81. The molecule has 1 heterocycles. The van der Waals surface area contributed by atoms with Gasteiger partial charge in [0, 0.05) is 18.0 Å². The number of rotatable bonds is 4. The van der Waals surface area contributed by atoms with Crippen LogP contribution in [0.3, 0.4) is 0 Å². The largest absolute Gasteiger partial charge is 0.497 e. The van der Waals surface area contributed by atoms with Crippen molar-refractivity contribution in [3.63, 3.8) is 0 Å². The van der Waals surface area contributed by atoms with Crippen molar-refractivity contribution in [3.05, 3.63) is 29.5 Å². The highest BCUT2D eigenvalue weighted by molar-refractivity contribution is 5.87. The molecule has 0 radical (unpaired) electrons. The minimum atomic E-state index is 0.738. The molecular formula is C14H18N2O2. The number of hydrogen-bond donors (Lipinski definition) is 1. The molecule has 1 N–H and O–H groups in total. The number of nitrogens with zero attached hydrogens (tertiary/aromatic N) is 1. The molecule has 0 spiro atoms. The number of benzene rings is 1. The van der Waals surface area contributed by atoms with Crippen molar-refractivity contribution < 1.29 is 9.47 Å². The molecule has 0 aliphatic carbocycles. The van der Waals surface area contributed by atoms with Gasteiger partial charge in [0.15, 0.2) is 0 Å². The zero-order valence-electron chi connectivity index (χ0n) is 11.2. The SMILES string of the molecule is CNCc1nc2c(OC)cc(OC)cc2cc1C. The van der Waals surface area contributed by atoms with Crippen LogP contribution < -0.4 is 14.8 Å². The molecule has 0 aliphatic rings. The predicted molar refractivity (Wildman–Crippen MR) is 72.3 cm³/mol. The monoisotopic (exact) mass is 246 g/mol. The molecule has 0 atom stereocenters. The van der Waals surface area contributed by atoms with Crippen LogP contribution in [0.25, 0.3) is 10.9 Å². The average Bonchev–Trinajstić information content (AvgIpc) is 2.38. The van der Waals surface area contributed by atoms with Crippen molar-refractivity contribution in [3.8, 4) is 11.5 Å². The summed E-state index contributed by atoms with van der Waals surface area (Å²) in [6, 6.07) is 5.94. The molecule has 1 aromatic heterocycles. The summed E-state index contributed by atoms with van der Waals surface area (Å²) in [7, 11) is 5.21. The van der Waals surface area contributed by atoms with E-state index in [0.717, 1.165) is 40.2 Å². The lowest BCUT2D eigenvalue weighted by Gasteiger charge is -2.11. The second-order valence-electron chi connectivity index (χ2n) is 4.18. The topological polar surface area (TPSA) is 43.4 Å². The molecule has 0 fully saturated rings. The van der Waals surface area contributed by atoms with Crippen LogP contribution in [-0.2, 0) is 6.54 Å². The summed E-state index contributed by atoms with van der Waals surface area (Å²) in [5.74, 6) is 1.52. The van der Waals surface area contributed by atoms with Crippen molar-refractivity contribution in [2.24, 2.45) is 0 Å². The van der Waals surface area contributed by atoms with E-state index in [2.05, 4.69) is 23.3 Å². The molecule has 96 valence electrons. The van der Waals surface area contributed by atoms with Crippen LogP contribution in [0.1, 0.15) is 11.3 Å². The number of aryl methyl sites for hydroxylation is 1. The maximum Gasteiger partial charge on any atom is 0.148 e. The van der Waals surface area contributed by atoms with Crippen molar-refractivity contribution >= 4 is 10.9 Å². The molecule has 1 aromatic carbocycles. The average molecular weight is 246 g/mol. The maximum atomic E-state index is 5.38. The van der Waals surface area contributed by atoms with Crippen molar-refractivity contribution in [2.75, 3.05) is 21.3 Å². The van der Waals surface area contributed by atoms with Crippen LogP contribution in [0.2, 0.25) is 0 Å². The molecule has 0 bridgehead atoms. The van der Waals surface area contributed by atoms with Crippen LogP contribution in [0.15, 0.2) is 18.2 Å². The Labute approximate surface area is 107 Å². The van der Waals surface area contributed by atoms with Gasteiger partial charge in [-0.25, -0.2) is 4.98 Å². The third kappa shape index (κ3) is 2.24. The molecule has 0 saturated heterocycles. The summed E-state index contributed by atoms with van der Waals surface area (Å²) in [4.78, 5) is 4.67. The van der Waals surface area contributed by atoms with E-state index in [1.807, 2.05) is 19.2 Å². The lowest BCUT2D eigenvalue weighted by Crippen LogP contribution is -2.09. The summed E-state index contributed by atoms with van der Waals surface area (Å²) in [5.41, 5.74) is 3.06. The second kappa shape index (κ2) is 5.23. The number of fused-ring (bicyclic) bond motifs is 1. The van der Waals surface area contributed by atoms with Crippen molar-refractivity contribution in [2.45, 2.75) is 13.5 Å². The molecule has 2 rings (SSSR count). The van der Waals surface area contributed by atoms with Gasteiger partial charge in [0.2, 0.25) is 0 Å². The molecule has 0 saturated carbocycles. The third-order valence-corrected chi connectivity index (χ3v) is 2.95. The van der Waals surface area contributed by atoms with Crippen LogP contribution in [0.4, 0.5) is 0 Å². The Bertz CT molecular complexity index is 567. The molecule has 0 aliphatic heterocycles. The van der Waals surface area contributed by atoms with Gasteiger partial charge in [-0.15, -0.1) is 0 Å². The highest BCUT2D eigenvalue weighted by Crippen LogP contribution is 2.30. The van der Waals surface area contributed by atoms with E-state index in [-0.39, 0.29) is 0 Å². The van der Waals surface area contributed by atoms with E-state index in [9.17, 15) is 0 Å². The molecule has 4 heteroatoms. The fourth-order valence-corrected chi connectivity index (χ4v) is 1.99. The number of methoxy groups -OCH3 is 2. The van der Waals surface area contributed by atoms with E-state index in [0.29, 0.717) is 0 Å². The maximum absolute atomic E-state index is 5.38. The van der Waals surface area contributed by atoms with E-state index >= 15 is 0 Å². The number of nitrogens with one attached hydrogen (secondary N) is 1. The highest BCUT2D eigenvalue weighted by atomic mass is 16.5. The minimum absolute atomic E-state index is 0.738. The quantitative estimate of drug-likeness (QED) is 0.898. The Morgan fingerprint density at radius 2 is 1.94 bits per heavy atom. The van der Waals surface area contributed by atoms with Gasteiger partial charge in [0.05, 0.1) is 19.9 Å². The Morgan fingerprint density at radius 1 is 1.17 bits per heavy atom. The summed E-state index contributed by atoms with van der Waals surface area (Å²) in [5, 5.41) is 4.15. The lowest BCUT2D eigenvalue weighted by molar-refractivity contribution is 0.397. The number of pyridine rings is 1. The van der Waals surface area contributed by atoms with Gasteiger partial charge in [-0.1, -0.05) is 0 Å². The van der Waals surface area contributed by atoms with E-state index in [4.69, 9.17) is 9.47 Å². The Morgan fingerprint density at radius 3 is 2.56 bits per heavy atom. The van der Waals surface area contributed by atoms with Crippen LogP contribution in [0, 0.1) is 6.92 Å². The van der Waals surface area contributed by atoms with Gasteiger partial charge >= 0.3 is 0 Å². The Hall–Kier alpha value is -1.81. The third-order valence-electron chi connectivity index (χ3n) is 2.95. The Kier molecular flexibility index (Phi) is 3.67. The summed E-state index contributed by atoms with van der Waals surface area (Å²) in [6.07, 6.45) is 0. The highest BCUT2D eigenvalue weighted by Gasteiger charge is 2.09. The molecular weight excluding hydrogens is 228 g/mol. The zero-order valence-corrected chi connectivity index (χ0v) is 11.2. The van der Waals surface area contributed by atoms with Crippen LogP contribution >= 0.6 is 0 Å². The molecule has 0 unspecified atom stereocenters. The minimum Gasteiger partial charge on any atom is -0.497 e. The standard InChI is InChI=1S/C14H18N2O2/c1-9-5-10-6-11(17-3)7-13(18-4)14(10)16-12(9)8-15-2/h5-7,15H,8H2,1-4H3. The van der Waals surface area contributed by atoms with Gasteiger partial charge in [-0.2, -0.15) is 0 Å². The fraction of sp³-hybridized carbons (Fsp3) is 0.357. The fourth-order valence-electron chi connectivity index (χ4n) is 1.99. The molecule has 4 nitrogen and oxygen atoms in total. The first kappa shape index (κ1) is 12.6. The smallest absolute Gasteiger partial charge is 0.148 e. The first-order chi connectivity index (χ1) is 8.69. The van der Waals surface area contributed by atoms with Crippen LogP contribution in [0.5, 0.6) is 11.5 Å². The van der Waals surface area contributed by atoms with Gasteiger partial charge in [0.1, 0.15) is 17.0 Å². The van der Waals surface area contributed by atoms with E-state index < -0.39 is 0 Å². The number of ether oxygens (including phenoxy) is 2. The predicted octanol–water partition coefficient (Wildman–Crippen LogP) is 2.28. The van der Waals surface area contributed by atoms with Gasteiger partial charge in [-0.05, 0) is 31.7 Å². The molecule has 0 amide bonds. The molecule has 2 aromatic rings. The van der Waals surface area contributed by atoms with E-state index in [1.54, 1.807) is 14.2 Å². The molecule has 18 heavy (non-hydrogen) atoms. The summed E-state index contributed by atoms with van der Waals surface area (Å²) < 4.78 is 10.6. The summed E-state index contributed by atoms with van der Waals surface area (Å²) >= 11 is 0. The lowest BCUT2D eigenvalue weighted by atomic mass is 10.1. The normalized spacial score (nSPS) is 10.7.